The van der Waals surface area contributed by atoms with Crippen molar-refractivity contribution in [2.45, 2.75) is 13.2 Å². The Kier molecular flexibility index (Phi) is 5.69. The molecule has 0 saturated heterocycles. The Morgan fingerprint density at radius 2 is 1.76 bits per heavy atom. The van der Waals surface area contributed by atoms with Crippen molar-refractivity contribution in [2.75, 3.05) is 5.32 Å². The number of hydrogen-bond acceptors (Lipinski definition) is 3. The number of rotatable bonds is 6. The fraction of sp³-hybridized carbons (Fsp3) is 0.0909. The molecule has 5 nitrogen and oxygen atoms in total. The summed E-state index contributed by atoms with van der Waals surface area (Å²) in [6.45, 7) is 0.320. The molecular weight excluding hydrogens is 409 g/mol. The second-order valence-corrected chi connectivity index (χ2v) is 7.22. The number of nitrogens with zero attached hydrogens (tertiary/aromatic N) is 2. The Balaban J connectivity index is 1.57. The molecule has 0 atom stereocenters. The number of ether oxygens (including phenoxy) is 1. The zero-order chi connectivity index (χ0) is 20.2. The van der Waals surface area contributed by atoms with E-state index in [2.05, 4.69) is 10.3 Å². The van der Waals surface area contributed by atoms with E-state index < -0.39 is 0 Å². The second-order valence-electron chi connectivity index (χ2n) is 6.38. The van der Waals surface area contributed by atoms with Crippen molar-refractivity contribution in [2.24, 2.45) is 0 Å². The SMILES string of the molecule is O=C(Cn1c(COc2ccccc2)nc2ccccc21)Nc1ccc(Cl)cc1Cl. The van der Waals surface area contributed by atoms with Crippen LogP contribution >= 0.6 is 23.2 Å². The number of nitrogens with one attached hydrogen (secondary N) is 1. The molecule has 0 aliphatic heterocycles. The summed E-state index contributed by atoms with van der Waals surface area (Å²) < 4.78 is 7.69. The third-order valence-corrected chi connectivity index (χ3v) is 4.90. The van der Waals surface area contributed by atoms with E-state index in [-0.39, 0.29) is 19.1 Å². The van der Waals surface area contributed by atoms with Crippen molar-refractivity contribution >= 4 is 45.8 Å². The van der Waals surface area contributed by atoms with Crippen LogP contribution in [0.5, 0.6) is 5.75 Å². The molecule has 0 aliphatic rings. The van der Waals surface area contributed by atoms with Gasteiger partial charge in [-0.05, 0) is 42.5 Å². The summed E-state index contributed by atoms with van der Waals surface area (Å²) in [5.74, 6) is 1.18. The average molecular weight is 426 g/mol. The van der Waals surface area contributed by atoms with Crippen LogP contribution in [0.4, 0.5) is 5.69 Å². The van der Waals surface area contributed by atoms with Crippen LogP contribution in [0.3, 0.4) is 0 Å². The second kappa shape index (κ2) is 8.55. The summed E-state index contributed by atoms with van der Waals surface area (Å²) in [5.41, 5.74) is 2.17. The van der Waals surface area contributed by atoms with Crippen LogP contribution in [-0.4, -0.2) is 15.5 Å². The van der Waals surface area contributed by atoms with Gasteiger partial charge in [0, 0.05) is 5.02 Å². The molecule has 1 amide bonds. The number of aromatic nitrogens is 2. The van der Waals surface area contributed by atoms with Crippen LogP contribution in [0.15, 0.2) is 72.8 Å². The normalized spacial score (nSPS) is 10.8. The minimum Gasteiger partial charge on any atom is -0.486 e. The molecule has 4 aromatic rings. The number of hydrogen-bond donors (Lipinski definition) is 1. The molecular formula is C22H17Cl2N3O2. The monoisotopic (exact) mass is 425 g/mol. The van der Waals surface area contributed by atoms with Crippen LogP contribution in [0.1, 0.15) is 5.82 Å². The summed E-state index contributed by atoms with van der Waals surface area (Å²) in [7, 11) is 0. The van der Waals surface area contributed by atoms with Gasteiger partial charge in [0.1, 0.15) is 24.7 Å². The lowest BCUT2D eigenvalue weighted by molar-refractivity contribution is -0.116. The summed E-state index contributed by atoms with van der Waals surface area (Å²) in [4.78, 5) is 17.3. The predicted molar refractivity (Wildman–Crippen MR) is 116 cm³/mol. The van der Waals surface area contributed by atoms with E-state index in [1.807, 2.05) is 59.2 Å². The molecule has 7 heteroatoms. The van der Waals surface area contributed by atoms with Crippen LogP contribution in [0.25, 0.3) is 11.0 Å². The summed E-state index contributed by atoms with van der Waals surface area (Å²) in [6, 6.07) is 22.1. The maximum Gasteiger partial charge on any atom is 0.244 e. The molecule has 0 radical (unpaired) electrons. The highest BCUT2D eigenvalue weighted by atomic mass is 35.5. The number of fused-ring (bicyclic) bond motifs is 1. The van der Waals surface area contributed by atoms with Gasteiger partial charge in [-0.25, -0.2) is 4.98 Å². The quantitative estimate of drug-likeness (QED) is 0.439. The lowest BCUT2D eigenvalue weighted by atomic mass is 10.3. The number of para-hydroxylation sites is 3. The molecule has 29 heavy (non-hydrogen) atoms. The number of benzene rings is 3. The van der Waals surface area contributed by atoms with Gasteiger partial charge >= 0.3 is 0 Å². The zero-order valence-corrected chi connectivity index (χ0v) is 16.8. The van der Waals surface area contributed by atoms with Crippen LogP contribution < -0.4 is 10.1 Å². The first kappa shape index (κ1) is 19.3. The molecule has 1 aromatic heterocycles. The van der Waals surface area contributed by atoms with E-state index in [9.17, 15) is 4.79 Å². The van der Waals surface area contributed by atoms with Gasteiger partial charge in [0.15, 0.2) is 0 Å². The zero-order valence-electron chi connectivity index (χ0n) is 15.3. The molecule has 0 spiro atoms. The fourth-order valence-corrected chi connectivity index (χ4v) is 3.46. The number of halogens is 2. The molecule has 4 rings (SSSR count). The smallest absolute Gasteiger partial charge is 0.244 e. The highest BCUT2D eigenvalue weighted by Gasteiger charge is 2.15. The lowest BCUT2D eigenvalue weighted by Crippen LogP contribution is -2.21. The Bertz CT molecular complexity index is 1160. The number of amides is 1. The van der Waals surface area contributed by atoms with Crippen molar-refractivity contribution < 1.29 is 9.53 Å². The summed E-state index contributed by atoms with van der Waals surface area (Å²) in [6.07, 6.45) is 0. The van der Waals surface area contributed by atoms with Crippen LogP contribution in [0.2, 0.25) is 10.0 Å². The van der Waals surface area contributed by atoms with Crippen molar-refractivity contribution in [1.82, 2.24) is 9.55 Å². The molecule has 0 fully saturated rings. The fourth-order valence-electron chi connectivity index (χ4n) is 3.00. The number of imidazole rings is 1. The highest BCUT2D eigenvalue weighted by Crippen LogP contribution is 2.25. The highest BCUT2D eigenvalue weighted by molar-refractivity contribution is 6.36. The third-order valence-electron chi connectivity index (χ3n) is 4.35. The summed E-state index contributed by atoms with van der Waals surface area (Å²) in [5, 5.41) is 3.71. The predicted octanol–water partition coefficient (Wildman–Crippen LogP) is 5.56. The van der Waals surface area contributed by atoms with Crippen molar-refractivity contribution in [3.8, 4) is 5.75 Å². The average Bonchev–Trinajstić information content (AvgIpc) is 3.07. The first-order valence-corrected chi connectivity index (χ1v) is 9.72. The van der Waals surface area contributed by atoms with E-state index in [4.69, 9.17) is 27.9 Å². The van der Waals surface area contributed by atoms with Gasteiger partial charge in [0.05, 0.1) is 21.7 Å². The molecule has 0 bridgehead atoms. The van der Waals surface area contributed by atoms with E-state index >= 15 is 0 Å². The van der Waals surface area contributed by atoms with Gasteiger partial charge in [-0.2, -0.15) is 0 Å². The molecule has 1 heterocycles. The van der Waals surface area contributed by atoms with Gasteiger partial charge in [0.25, 0.3) is 0 Å². The minimum absolute atomic E-state index is 0.0763. The Labute approximate surface area is 177 Å². The molecule has 146 valence electrons. The van der Waals surface area contributed by atoms with Gasteiger partial charge in [-0.3, -0.25) is 4.79 Å². The van der Waals surface area contributed by atoms with Gasteiger partial charge < -0.3 is 14.6 Å². The van der Waals surface area contributed by atoms with Crippen LogP contribution in [0, 0.1) is 0 Å². The van der Waals surface area contributed by atoms with Gasteiger partial charge in [0.2, 0.25) is 5.91 Å². The Morgan fingerprint density at radius 1 is 1.00 bits per heavy atom. The van der Waals surface area contributed by atoms with E-state index in [1.165, 1.54) is 0 Å². The molecule has 1 N–H and O–H groups in total. The number of anilines is 1. The lowest BCUT2D eigenvalue weighted by Gasteiger charge is -2.12. The number of carbonyl (C=O) groups is 1. The van der Waals surface area contributed by atoms with Gasteiger partial charge in [-0.15, -0.1) is 0 Å². The molecule has 0 unspecified atom stereocenters. The third kappa shape index (κ3) is 4.53. The minimum atomic E-state index is -0.224. The standard InChI is InChI=1S/C22H17Cl2N3O2/c23-15-10-11-18(17(24)12-15)26-22(28)13-27-20-9-5-4-8-19(20)25-21(27)14-29-16-6-2-1-3-7-16/h1-12H,13-14H2,(H,26,28). The largest absolute Gasteiger partial charge is 0.486 e. The Hall–Kier alpha value is -3.02. The van der Waals surface area contributed by atoms with Gasteiger partial charge in [-0.1, -0.05) is 53.5 Å². The number of carbonyl (C=O) groups excluding carboxylic acids is 1. The first-order chi connectivity index (χ1) is 14.1. The van der Waals surface area contributed by atoms with E-state index in [0.29, 0.717) is 21.6 Å². The summed E-state index contributed by atoms with van der Waals surface area (Å²) >= 11 is 12.1. The topological polar surface area (TPSA) is 56.2 Å². The molecule has 3 aromatic carbocycles. The maximum absolute atomic E-state index is 12.7. The maximum atomic E-state index is 12.7. The molecule has 0 aliphatic carbocycles. The first-order valence-electron chi connectivity index (χ1n) is 8.97. The van der Waals surface area contributed by atoms with E-state index in [1.54, 1.807) is 18.2 Å². The van der Waals surface area contributed by atoms with E-state index in [0.717, 1.165) is 16.8 Å². The van der Waals surface area contributed by atoms with Crippen LogP contribution in [-0.2, 0) is 17.9 Å². The molecule has 0 saturated carbocycles. The van der Waals surface area contributed by atoms with Crippen molar-refractivity contribution in [1.29, 1.82) is 0 Å². The van der Waals surface area contributed by atoms with Crippen molar-refractivity contribution in [3.63, 3.8) is 0 Å². The van der Waals surface area contributed by atoms with Crippen molar-refractivity contribution in [3.05, 3.63) is 88.7 Å². The Morgan fingerprint density at radius 3 is 2.55 bits per heavy atom.